The molecule has 1 aliphatic rings. The normalized spacial score (nSPS) is 21.1. The van der Waals surface area contributed by atoms with Crippen molar-refractivity contribution in [2.75, 3.05) is 18.0 Å². The van der Waals surface area contributed by atoms with Crippen LogP contribution in [0.5, 0.6) is 0 Å². The highest BCUT2D eigenvalue weighted by atomic mass is 79.9. The molecule has 1 unspecified atom stereocenters. The number of rotatable bonds is 2. The maximum absolute atomic E-state index is 9.73. The molecule has 1 heterocycles. The first kappa shape index (κ1) is 13.2. The van der Waals surface area contributed by atoms with Gasteiger partial charge in [-0.15, -0.1) is 0 Å². The first-order chi connectivity index (χ1) is 8.61. The average Bonchev–Trinajstić information content (AvgIpc) is 2.38. The summed E-state index contributed by atoms with van der Waals surface area (Å²) in [5.74, 6) is 0.0811. The zero-order valence-electron chi connectivity index (χ0n) is 9.88. The second-order valence-electron chi connectivity index (χ2n) is 4.39. The summed E-state index contributed by atoms with van der Waals surface area (Å²) >= 11 is 3.42. The van der Waals surface area contributed by atoms with Crippen molar-refractivity contribution in [2.45, 2.75) is 18.9 Å². The van der Waals surface area contributed by atoms with Gasteiger partial charge in [-0.25, -0.2) is 0 Å². The van der Waals surface area contributed by atoms with Crippen molar-refractivity contribution in [1.29, 1.82) is 0 Å². The summed E-state index contributed by atoms with van der Waals surface area (Å²) in [6.45, 7) is 1.43. The Balaban J connectivity index is 2.38. The SMILES string of the molecule is N/C(=N/O)c1ccc(Br)cc1N1CCCC(O)C1. The third kappa shape index (κ3) is 2.76. The quantitative estimate of drug-likeness (QED) is 0.334. The smallest absolute Gasteiger partial charge is 0.172 e. The molecule has 0 aliphatic carbocycles. The van der Waals surface area contributed by atoms with Gasteiger partial charge in [-0.05, 0) is 31.0 Å². The van der Waals surface area contributed by atoms with E-state index in [1.165, 1.54) is 0 Å². The van der Waals surface area contributed by atoms with Crippen LogP contribution in [0, 0.1) is 0 Å². The number of aliphatic hydroxyl groups excluding tert-OH is 1. The zero-order valence-corrected chi connectivity index (χ0v) is 11.5. The molecule has 1 atom stereocenters. The standard InChI is InChI=1S/C12H16BrN3O2/c13-8-3-4-10(12(14)15-18)11(6-8)16-5-1-2-9(17)7-16/h3-4,6,9,17-18H,1-2,5,7H2,(H2,14,15). The molecule has 0 bridgehead atoms. The van der Waals surface area contributed by atoms with E-state index in [9.17, 15) is 5.11 Å². The predicted molar refractivity (Wildman–Crippen MR) is 74.1 cm³/mol. The fourth-order valence-corrected chi connectivity index (χ4v) is 2.56. The first-order valence-electron chi connectivity index (χ1n) is 5.82. The number of hydrogen-bond donors (Lipinski definition) is 3. The molecule has 1 aliphatic heterocycles. The van der Waals surface area contributed by atoms with Gasteiger partial charge in [0.1, 0.15) is 0 Å². The molecule has 0 saturated carbocycles. The maximum Gasteiger partial charge on any atom is 0.172 e. The van der Waals surface area contributed by atoms with Gasteiger partial charge < -0.3 is 20.9 Å². The van der Waals surface area contributed by atoms with Gasteiger partial charge in [0, 0.05) is 28.8 Å². The number of nitrogens with two attached hydrogens (primary N) is 1. The van der Waals surface area contributed by atoms with E-state index in [2.05, 4.69) is 26.0 Å². The summed E-state index contributed by atoms with van der Waals surface area (Å²) in [6.07, 6.45) is 1.44. The number of amidine groups is 1. The molecular formula is C12H16BrN3O2. The molecule has 1 aromatic rings. The molecule has 5 nitrogen and oxygen atoms in total. The van der Waals surface area contributed by atoms with Crippen molar-refractivity contribution < 1.29 is 10.3 Å². The zero-order chi connectivity index (χ0) is 13.1. The Morgan fingerprint density at radius 3 is 2.94 bits per heavy atom. The number of piperidine rings is 1. The number of benzene rings is 1. The summed E-state index contributed by atoms with van der Waals surface area (Å²) in [4.78, 5) is 2.06. The highest BCUT2D eigenvalue weighted by molar-refractivity contribution is 9.10. The predicted octanol–water partition coefficient (Wildman–Crippen LogP) is 1.50. The fourth-order valence-electron chi connectivity index (χ4n) is 2.21. The van der Waals surface area contributed by atoms with Crippen molar-refractivity contribution in [2.24, 2.45) is 10.9 Å². The van der Waals surface area contributed by atoms with Crippen LogP contribution in [0.15, 0.2) is 27.8 Å². The van der Waals surface area contributed by atoms with Crippen molar-refractivity contribution in [3.63, 3.8) is 0 Å². The third-order valence-corrected chi connectivity index (χ3v) is 3.57. The van der Waals surface area contributed by atoms with Crippen LogP contribution in [0.3, 0.4) is 0 Å². The Bertz CT molecular complexity index is 465. The van der Waals surface area contributed by atoms with E-state index in [1.54, 1.807) is 6.07 Å². The summed E-state index contributed by atoms with van der Waals surface area (Å²) in [7, 11) is 0. The molecule has 98 valence electrons. The van der Waals surface area contributed by atoms with Crippen LogP contribution >= 0.6 is 15.9 Å². The van der Waals surface area contributed by atoms with Gasteiger partial charge in [0.2, 0.25) is 0 Å². The van der Waals surface area contributed by atoms with Crippen LogP contribution in [0.2, 0.25) is 0 Å². The number of hydrogen-bond acceptors (Lipinski definition) is 4. The molecule has 4 N–H and O–H groups in total. The Labute approximate surface area is 114 Å². The monoisotopic (exact) mass is 313 g/mol. The molecule has 6 heteroatoms. The van der Waals surface area contributed by atoms with Gasteiger partial charge in [-0.2, -0.15) is 0 Å². The molecule has 1 aromatic carbocycles. The van der Waals surface area contributed by atoms with Gasteiger partial charge in [0.05, 0.1) is 6.10 Å². The largest absolute Gasteiger partial charge is 0.409 e. The molecule has 1 saturated heterocycles. The van der Waals surface area contributed by atoms with E-state index in [-0.39, 0.29) is 11.9 Å². The summed E-state index contributed by atoms with van der Waals surface area (Å²) in [5.41, 5.74) is 7.23. The Morgan fingerprint density at radius 2 is 2.28 bits per heavy atom. The molecule has 0 amide bonds. The number of anilines is 1. The molecule has 0 aromatic heterocycles. The van der Waals surface area contributed by atoms with E-state index >= 15 is 0 Å². The maximum atomic E-state index is 9.73. The van der Waals surface area contributed by atoms with Crippen molar-refractivity contribution in [1.82, 2.24) is 0 Å². The topological polar surface area (TPSA) is 82.1 Å². The Morgan fingerprint density at radius 1 is 1.50 bits per heavy atom. The van der Waals surface area contributed by atoms with Crippen LogP contribution in [0.25, 0.3) is 0 Å². The second kappa shape index (κ2) is 5.58. The van der Waals surface area contributed by atoms with Crippen molar-refractivity contribution in [3.05, 3.63) is 28.2 Å². The number of oxime groups is 1. The molecular weight excluding hydrogens is 298 g/mol. The van der Waals surface area contributed by atoms with Gasteiger partial charge in [-0.1, -0.05) is 21.1 Å². The van der Waals surface area contributed by atoms with Crippen LogP contribution in [-0.4, -0.2) is 35.3 Å². The highest BCUT2D eigenvalue weighted by Crippen LogP contribution is 2.27. The average molecular weight is 314 g/mol. The summed E-state index contributed by atoms with van der Waals surface area (Å²) in [6, 6.07) is 5.57. The minimum atomic E-state index is -0.321. The first-order valence-corrected chi connectivity index (χ1v) is 6.61. The summed E-state index contributed by atoms with van der Waals surface area (Å²) < 4.78 is 0.923. The van der Waals surface area contributed by atoms with E-state index < -0.39 is 0 Å². The number of halogens is 1. The molecule has 1 fully saturated rings. The minimum absolute atomic E-state index is 0.0811. The van der Waals surface area contributed by atoms with Gasteiger partial charge in [0.15, 0.2) is 5.84 Å². The van der Waals surface area contributed by atoms with Crippen LogP contribution in [0.4, 0.5) is 5.69 Å². The Kier molecular flexibility index (Phi) is 4.08. The van der Waals surface area contributed by atoms with Gasteiger partial charge >= 0.3 is 0 Å². The van der Waals surface area contributed by atoms with Crippen molar-refractivity contribution >= 4 is 27.5 Å². The molecule has 2 rings (SSSR count). The van der Waals surface area contributed by atoms with Gasteiger partial charge in [-0.3, -0.25) is 0 Å². The van der Waals surface area contributed by atoms with E-state index in [4.69, 9.17) is 10.9 Å². The molecule has 0 spiro atoms. The second-order valence-corrected chi connectivity index (χ2v) is 5.30. The number of nitrogens with zero attached hydrogens (tertiary/aromatic N) is 2. The van der Waals surface area contributed by atoms with E-state index in [0.29, 0.717) is 12.1 Å². The minimum Gasteiger partial charge on any atom is -0.409 e. The van der Waals surface area contributed by atoms with E-state index in [1.807, 2.05) is 12.1 Å². The third-order valence-electron chi connectivity index (χ3n) is 3.08. The van der Waals surface area contributed by atoms with Gasteiger partial charge in [0.25, 0.3) is 0 Å². The number of β-amino-alcohol motifs (C(OH)–C–C–N with tert-alkyl or cyclic N) is 1. The van der Waals surface area contributed by atoms with E-state index in [0.717, 1.165) is 29.5 Å². The van der Waals surface area contributed by atoms with Crippen LogP contribution in [-0.2, 0) is 0 Å². The highest BCUT2D eigenvalue weighted by Gasteiger charge is 2.21. The van der Waals surface area contributed by atoms with Crippen LogP contribution < -0.4 is 10.6 Å². The van der Waals surface area contributed by atoms with Crippen LogP contribution in [0.1, 0.15) is 18.4 Å². The lowest BCUT2D eigenvalue weighted by Crippen LogP contribution is -2.39. The van der Waals surface area contributed by atoms with Crippen molar-refractivity contribution in [3.8, 4) is 0 Å². The lowest BCUT2D eigenvalue weighted by molar-refractivity contribution is 0.154. The lowest BCUT2D eigenvalue weighted by atomic mass is 10.0. The Hall–Kier alpha value is -1.27. The number of aliphatic hydroxyl groups is 1. The molecule has 0 radical (unpaired) electrons. The molecule has 18 heavy (non-hydrogen) atoms. The lowest BCUT2D eigenvalue weighted by Gasteiger charge is -2.33. The fraction of sp³-hybridized carbons (Fsp3) is 0.417. The summed E-state index contributed by atoms with van der Waals surface area (Å²) in [5, 5.41) is 21.6.